The molecule has 2 aromatic rings. The Morgan fingerprint density at radius 2 is 1.84 bits per heavy atom. The van der Waals surface area contributed by atoms with Gasteiger partial charge < -0.3 is 9.64 Å². The van der Waals surface area contributed by atoms with E-state index in [0.29, 0.717) is 43.3 Å². The van der Waals surface area contributed by atoms with Gasteiger partial charge in [-0.1, -0.05) is 12.1 Å². The number of benzene rings is 1. The van der Waals surface area contributed by atoms with E-state index in [1.807, 2.05) is 31.2 Å². The van der Waals surface area contributed by atoms with Gasteiger partial charge >= 0.3 is 0 Å². The number of rotatable bonds is 5. The average Bonchev–Trinajstić information content (AvgIpc) is 3.03. The second-order valence-corrected chi connectivity index (χ2v) is 7.88. The largest absolute Gasteiger partial charge is 0.495 e. The third-order valence-corrected chi connectivity index (χ3v) is 6.64. The molecule has 2 heterocycles. The van der Waals surface area contributed by atoms with Crippen molar-refractivity contribution in [1.82, 2.24) is 14.1 Å². The zero-order chi connectivity index (χ0) is 18.0. The Morgan fingerprint density at radius 3 is 2.44 bits per heavy atom. The number of piperazine rings is 1. The molecular formula is C17H24N4O3S. The van der Waals surface area contributed by atoms with Crippen molar-refractivity contribution in [3.8, 4) is 5.75 Å². The van der Waals surface area contributed by atoms with Gasteiger partial charge in [-0.05, 0) is 26.0 Å². The van der Waals surface area contributed by atoms with Crippen LogP contribution in [-0.2, 0) is 16.6 Å². The molecule has 0 saturated carbocycles. The molecule has 0 unspecified atom stereocenters. The second kappa shape index (κ2) is 7.05. The van der Waals surface area contributed by atoms with Crippen LogP contribution < -0.4 is 9.64 Å². The molecule has 1 fully saturated rings. The lowest BCUT2D eigenvalue weighted by Gasteiger charge is -2.35. The van der Waals surface area contributed by atoms with Crippen LogP contribution in [0.25, 0.3) is 0 Å². The molecular weight excluding hydrogens is 340 g/mol. The number of nitrogens with zero attached hydrogens (tertiary/aromatic N) is 4. The summed E-state index contributed by atoms with van der Waals surface area (Å²) in [6, 6.07) is 7.81. The lowest BCUT2D eigenvalue weighted by Crippen LogP contribution is -2.48. The number of hydrogen-bond donors (Lipinski definition) is 0. The molecule has 0 spiro atoms. The normalized spacial score (nSPS) is 16.2. The summed E-state index contributed by atoms with van der Waals surface area (Å²) in [5.74, 6) is 0.805. The van der Waals surface area contributed by atoms with Gasteiger partial charge in [-0.25, -0.2) is 8.42 Å². The van der Waals surface area contributed by atoms with E-state index < -0.39 is 10.0 Å². The number of aryl methyl sites for hydroxylation is 1. The quantitative estimate of drug-likeness (QED) is 0.808. The van der Waals surface area contributed by atoms with Crippen LogP contribution >= 0.6 is 0 Å². The average molecular weight is 364 g/mol. The van der Waals surface area contributed by atoms with Crippen molar-refractivity contribution in [1.29, 1.82) is 0 Å². The summed E-state index contributed by atoms with van der Waals surface area (Å²) >= 11 is 0. The molecule has 1 aromatic heterocycles. The molecule has 25 heavy (non-hydrogen) atoms. The van der Waals surface area contributed by atoms with Gasteiger partial charge in [0, 0.05) is 32.7 Å². The molecule has 136 valence electrons. The molecule has 0 N–H and O–H groups in total. The maximum Gasteiger partial charge on any atom is 0.246 e. The highest BCUT2D eigenvalue weighted by molar-refractivity contribution is 7.89. The predicted molar refractivity (Wildman–Crippen MR) is 96.6 cm³/mol. The number of ether oxygens (including phenoxy) is 1. The van der Waals surface area contributed by atoms with Crippen molar-refractivity contribution >= 4 is 15.7 Å². The Kier molecular flexibility index (Phi) is 5.01. The summed E-state index contributed by atoms with van der Waals surface area (Å²) in [6.45, 7) is 6.54. The first-order valence-electron chi connectivity index (χ1n) is 8.39. The highest BCUT2D eigenvalue weighted by Gasteiger charge is 2.31. The minimum Gasteiger partial charge on any atom is -0.495 e. The summed E-state index contributed by atoms with van der Waals surface area (Å²) in [7, 11) is -1.86. The van der Waals surface area contributed by atoms with Crippen LogP contribution in [0.15, 0.2) is 35.4 Å². The summed E-state index contributed by atoms with van der Waals surface area (Å²) in [5, 5.41) is 4.16. The Labute approximate surface area is 148 Å². The Bertz CT molecular complexity index is 839. The van der Waals surface area contributed by atoms with E-state index in [-0.39, 0.29) is 0 Å². The van der Waals surface area contributed by atoms with Gasteiger partial charge in [-0.2, -0.15) is 9.40 Å². The highest BCUT2D eigenvalue weighted by atomic mass is 32.2. The van der Waals surface area contributed by atoms with E-state index in [1.165, 1.54) is 6.20 Å². The van der Waals surface area contributed by atoms with Crippen molar-refractivity contribution in [2.24, 2.45) is 0 Å². The van der Waals surface area contributed by atoms with Crippen molar-refractivity contribution < 1.29 is 13.2 Å². The molecule has 0 amide bonds. The lowest BCUT2D eigenvalue weighted by molar-refractivity contribution is 0.378. The Hall–Kier alpha value is -2.06. The van der Waals surface area contributed by atoms with E-state index >= 15 is 0 Å². The summed E-state index contributed by atoms with van der Waals surface area (Å²) in [6.07, 6.45) is 1.46. The monoisotopic (exact) mass is 364 g/mol. The van der Waals surface area contributed by atoms with Crippen molar-refractivity contribution in [3.05, 3.63) is 36.2 Å². The molecule has 1 aromatic carbocycles. The third kappa shape index (κ3) is 3.23. The molecule has 0 aliphatic carbocycles. The fourth-order valence-corrected chi connectivity index (χ4v) is 4.78. The molecule has 8 heteroatoms. The zero-order valence-electron chi connectivity index (χ0n) is 14.8. The number of methoxy groups -OCH3 is 1. The van der Waals surface area contributed by atoms with E-state index in [9.17, 15) is 8.42 Å². The maximum atomic E-state index is 12.9. The molecule has 0 atom stereocenters. The fraction of sp³-hybridized carbons (Fsp3) is 0.471. The first kappa shape index (κ1) is 17.8. The minimum atomic E-state index is -3.51. The Morgan fingerprint density at radius 1 is 1.16 bits per heavy atom. The van der Waals surface area contributed by atoms with Crippen molar-refractivity contribution in [2.45, 2.75) is 25.3 Å². The van der Waals surface area contributed by atoms with Crippen LogP contribution in [0.2, 0.25) is 0 Å². The van der Waals surface area contributed by atoms with Crippen molar-refractivity contribution in [2.75, 3.05) is 38.2 Å². The number of aromatic nitrogens is 2. The maximum absolute atomic E-state index is 12.9. The van der Waals surface area contributed by atoms with E-state index in [0.717, 1.165) is 11.4 Å². The summed E-state index contributed by atoms with van der Waals surface area (Å²) in [4.78, 5) is 2.47. The van der Waals surface area contributed by atoms with Gasteiger partial charge in [0.15, 0.2) is 0 Å². The SMILES string of the molecule is CCn1ncc(S(=O)(=O)N2CCN(c3ccccc3OC)CC2)c1C. The predicted octanol–water partition coefficient (Wildman–Crippen LogP) is 1.73. The summed E-state index contributed by atoms with van der Waals surface area (Å²) < 4.78 is 34.5. The Balaban J connectivity index is 1.76. The summed E-state index contributed by atoms with van der Waals surface area (Å²) in [5.41, 5.74) is 1.69. The van der Waals surface area contributed by atoms with Crippen molar-refractivity contribution in [3.63, 3.8) is 0 Å². The van der Waals surface area contributed by atoms with E-state index in [4.69, 9.17) is 4.74 Å². The second-order valence-electron chi connectivity index (χ2n) is 5.97. The minimum absolute atomic E-state index is 0.306. The van der Waals surface area contributed by atoms with Gasteiger partial charge in [-0.15, -0.1) is 0 Å². The van der Waals surface area contributed by atoms with E-state index in [1.54, 1.807) is 23.0 Å². The lowest BCUT2D eigenvalue weighted by atomic mass is 10.2. The first-order chi connectivity index (χ1) is 12.0. The number of anilines is 1. The van der Waals surface area contributed by atoms with Gasteiger partial charge in [0.05, 0.1) is 24.7 Å². The molecule has 1 saturated heterocycles. The van der Waals surface area contributed by atoms with Crippen LogP contribution in [0.4, 0.5) is 5.69 Å². The van der Waals surface area contributed by atoms with Crippen LogP contribution in [0, 0.1) is 6.92 Å². The molecule has 0 bridgehead atoms. The van der Waals surface area contributed by atoms with Gasteiger partial charge in [0.25, 0.3) is 0 Å². The fourth-order valence-electron chi connectivity index (χ4n) is 3.20. The number of para-hydroxylation sites is 2. The smallest absolute Gasteiger partial charge is 0.246 e. The van der Waals surface area contributed by atoms with Crippen LogP contribution in [0.5, 0.6) is 5.75 Å². The van der Waals surface area contributed by atoms with Gasteiger partial charge in [0.1, 0.15) is 10.6 Å². The molecule has 1 aliphatic rings. The molecule has 0 radical (unpaired) electrons. The topological polar surface area (TPSA) is 67.7 Å². The number of sulfonamides is 1. The van der Waals surface area contributed by atoms with Crippen LogP contribution in [-0.4, -0.2) is 55.8 Å². The van der Waals surface area contributed by atoms with Gasteiger partial charge in [-0.3, -0.25) is 4.68 Å². The molecule has 7 nitrogen and oxygen atoms in total. The zero-order valence-corrected chi connectivity index (χ0v) is 15.7. The van der Waals surface area contributed by atoms with E-state index in [2.05, 4.69) is 10.00 Å². The first-order valence-corrected chi connectivity index (χ1v) is 9.83. The third-order valence-electron chi connectivity index (χ3n) is 4.64. The van der Waals surface area contributed by atoms with Crippen LogP contribution in [0.1, 0.15) is 12.6 Å². The standard InChI is InChI=1S/C17H24N4O3S/c1-4-21-14(2)17(13-18-21)25(22,23)20-11-9-19(10-12-20)15-7-5-6-8-16(15)24-3/h5-8,13H,4,9-12H2,1-3H3. The molecule has 1 aliphatic heterocycles. The molecule has 3 rings (SSSR count). The van der Waals surface area contributed by atoms with Crippen LogP contribution in [0.3, 0.4) is 0 Å². The van der Waals surface area contributed by atoms with Gasteiger partial charge in [0.2, 0.25) is 10.0 Å². The highest BCUT2D eigenvalue weighted by Crippen LogP contribution is 2.29. The number of hydrogen-bond acceptors (Lipinski definition) is 5.